The Balaban J connectivity index is 1.67. The summed E-state index contributed by atoms with van der Waals surface area (Å²) in [6.45, 7) is 9.29. The second-order valence-corrected chi connectivity index (χ2v) is 11.3. The largest absolute Gasteiger partial charge is 0.480 e. The topological polar surface area (TPSA) is 125 Å². The van der Waals surface area contributed by atoms with Crippen LogP contribution in [0.25, 0.3) is 0 Å². The number of ether oxygens (including phenoxy) is 1. The summed E-state index contributed by atoms with van der Waals surface area (Å²) in [5, 5.41) is 15.0. The lowest BCUT2D eigenvalue weighted by atomic mass is 9.85. The third-order valence-corrected chi connectivity index (χ3v) is 7.31. The Morgan fingerprint density at radius 3 is 2.27 bits per heavy atom. The van der Waals surface area contributed by atoms with Crippen LogP contribution in [0.4, 0.5) is 4.79 Å². The van der Waals surface area contributed by atoms with Crippen LogP contribution in [0.5, 0.6) is 0 Å². The number of rotatable bonds is 8. The summed E-state index contributed by atoms with van der Waals surface area (Å²) in [6, 6.07) is -1.63. The van der Waals surface area contributed by atoms with Crippen LogP contribution in [0.3, 0.4) is 0 Å². The molecule has 1 unspecified atom stereocenters. The minimum absolute atomic E-state index is 0.0953. The summed E-state index contributed by atoms with van der Waals surface area (Å²) >= 11 is 0. The van der Waals surface area contributed by atoms with Gasteiger partial charge in [-0.2, -0.15) is 0 Å². The predicted molar refractivity (Wildman–Crippen MR) is 121 cm³/mol. The van der Waals surface area contributed by atoms with Gasteiger partial charge < -0.3 is 25.4 Å². The van der Waals surface area contributed by atoms with E-state index in [1.165, 1.54) is 18.2 Å². The number of likely N-dealkylation sites (tertiary alicyclic amines) is 1. The fourth-order valence-corrected chi connectivity index (χ4v) is 5.25. The quantitative estimate of drug-likeness (QED) is 0.506. The van der Waals surface area contributed by atoms with Crippen LogP contribution in [0.1, 0.15) is 79.6 Å². The zero-order valence-electron chi connectivity index (χ0n) is 20.5. The molecule has 2 aliphatic carbocycles. The molecule has 9 heteroatoms. The number of nitrogens with one attached hydrogen (secondary N) is 2. The van der Waals surface area contributed by atoms with Crippen LogP contribution in [0.2, 0.25) is 0 Å². The second-order valence-electron chi connectivity index (χ2n) is 11.3. The highest BCUT2D eigenvalue weighted by Gasteiger charge is 2.48. The van der Waals surface area contributed by atoms with E-state index >= 15 is 0 Å². The summed E-state index contributed by atoms with van der Waals surface area (Å²) in [7, 11) is 0. The number of hydrogen-bond donors (Lipinski definition) is 3. The monoisotopic (exact) mass is 465 g/mol. The van der Waals surface area contributed by atoms with E-state index < -0.39 is 41.0 Å². The first-order valence-electron chi connectivity index (χ1n) is 12.2. The van der Waals surface area contributed by atoms with Crippen LogP contribution in [-0.4, -0.2) is 64.2 Å². The average molecular weight is 466 g/mol. The van der Waals surface area contributed by atoms with Crippen LogP contribution < -0.4 is 10.6 Å². The lowest BCUT2D eigenvalue weighted by Crippen LogP contribution is -2.60. The van der Waals surface area contributed by atoms with Crippen molar-refractivity contribution in [1.29, 1.82) is 0 Å². The maximum absolute atomic E-state index is 13.5. The summed E-state index contributed by atoms with van der Waals surface area (Å²) < 4.78 is 5.58. The molecule has 3 amide bonds. The Morgan fingerprint density at radius 2 is 1.73 bits per heavy atom. The first-order valence-corrected chi connectivity index (χ1v) is 12.2. The highest BCUT2D eigenvalue weighted by molar-refractivity contribution is 5.94. The second kappa shape index (κ2) is 9.50. The van der Waals surface area contributed by atoms with E-state index in [1.54, 1.807) is 0 Å². The Morgan fingerprint density at radius 1 is 1.09 bits per heavy atom. The summed E-state index contributed by atoms with van der Waals surface area (Å²) in [6.07, 6.45) is 4.27. The maximum atomic E-state index is 13.5. The molecular weight excluding hydrogens is 426 g/mol. The molecule has 0 aromatic carbocycles. The van der Waals surface area contributed by atoms with Gasteiger partial charge in [0.05, 0.1) is 0 Å². The zero-order chi connectivity index (χ0) is 24.6. The van der Waals surface area contributed by atoms with Gasteiger partial charge in [0.15, 0.2) is 0 Å². The van der Waals surface area contributed by atoms with Gasteiger partial charge in [-0.25, -0.2) is 9.59 Å². The average Bonchev–Trinajstić information content (AvgIpc) is 3.11. The first kappa shape index (κ1) is 25.3. The summed E-state index contributed by atoms with van der Waals surface area (Å²) in [4.78, 5) is 52.4. The molecule has 9 nitrogen and oxygen atoms in total. The van der Waals surface area contributed by atoms with Crippen LogP contribution in [-0.2, 0) is 19.1 Å². The number of carboxylic acids is 1. The number of fused-ring (bicyclic) bond motifs is 1. The molecule has 0 aromatic rings. The van der Waals surface area contributed by atoms with Crippen molar-refractivity contribution in [2.75, 3.05) is 6.54 Å². The number of carbonyl (C=O) groups is 4. The molecule has 0 spiro atoms. The third kappa shape index (κ3) is 5.79. The molecule has 3 fully saturated rings. The summed E-state index contributed by atoms with van der Waals surface area (Å²) in [5.41, 5.74) is -1.99. The Bertz CT molecular complexity index is 784. The van der Waals surface area contributed by atoms with Gasteiger partial charge in [0.25, 0.3) is 0 Å². The van der Waals surface area contributed by atoms with Crippen molar-refractivity contribution in [2.45, 2.75) is 103 Å². The molecule has 3 aliphatic rings. The predicted octanol–water partition coefficient (Wildman–Crippen LogP) is 2.68. The van der Waals surface area contributed by atoms with Gasteiger partial charge in [-0.05, 0) is 62.7 Å². The van der Waals surface area contributed by atoms with E-state index in [0.717, 1.165) is 12.8 Å². The molecule has 0 radical (unpaired) electrons. The minimum Gasteiger partial charge on any atom is -0.480 e. The van der Waals surface area contributed by atoms with Crippen molar-refractivity contribution in [2.24, 2.45) is 17.3 Å². The van der Waals surface area contributed by atoms with Crippen molar-refractivity contribution in [3.8, 4) is 0 Å². The number of carboxylic acid groups (broad SMARTS) is 1. The van der Waals surface area contributed by atoms with Gasteiger partial charge in [-0.15, -0.1) is 0 Å². The van der Waals surface area contributed by atoms with Crippen molar-refractivity contribution in [1.82, 2.24) is 15.5 Å². The number of hydrogen-bond acceptors (Lipinski definition) is 5. The Kier molecular flexibility index (Phi) is 7.29. The molecule has 1 saturated heterocycles. The number of alkyl carbamates (subject to hydrolysis) is 1. The molecular formula is C24H39N3O6. The van der Waals surface area contributed by atoms with Crippen molar-refractivity contribution < 1.29 is 29.0 Å². The molecule has 0 bridgehead atoms. The highest BCUT2D eigenvalue weighted by Crippen LogP contribution is 2.52. The molecule has 186 valence electrons. The summed E-state index contributed by atoms with van der Waals surface area (Å²) in [5.74, 6) is -0.569. The van der Waals surface area contributed by atoms with E-state index in [4.69, 9.17) is 4.74 Å². The van der Waals surface area contributed by atoms with Crippen LogP contribution in [0, 0.1) is 17.3 Å². The lowest BCUT2D eigenvalue weighted by Gasteiger charge is -2.36. The molecule has 1 aliphatic heterocycles. The fraction of sp³-hybridized carbons (Fsp3) is 0.833. The van der Waals surface area contributed by atoms with Crippen LogP contribution in [0.15, 0.2) is 0 Å². The smallest absolute Gasteiger partial charge is 0.408 e. The van der Waals surface area contributed by atoms with Crippen LogP contribution >= 0.6 is 0 Å². The van der Waals surface area contributed by atoms with E-state index in [1.807, 2.05) is 27.7 Å². The van der Waals surface area contributed by atoms with Gasteiger partial charge in [-0.1, -0.05) is 34.1 Å². The minimum atomic E-state index is -1.39. The Hall–Kier alpha value is -2.32. The lowest BCUT2D eigenvalue weighted by molar-refractivity contribution is -0.149. The van der Waals surface area contributed by atoms with E-state index in [0.29, 0.717) is 37.6 Å². The molecule has 3 rings (SSSR count). The van der Waals surface area contributed by atoms with E-state index in [-0.39, 0.29) is 18.4 Å². The molecule has 0 aromatic heterocycles. The number of nitrogens with zero attached hydrogens (tertiary/aromatic N) is 1. The zero-order valence-corrected chi connectivity index (χ0v) is 20.5. The van der Waals surface area contributed by atoms with E-state index in [2.05, 4.69) is 10.6 Å². The van der Waals surface area contributed by atoms with Crippen molar-refractivity contribution in [3.05, 3.63) is 0 Å². The molecule has 6 atom stereocenters. The molecule has 1 heterocycles. The van der Waals surface area contributed by atoms with Gasteiger partial charge in [0, 0.05) is 6.54 Å². The highest BCUT2D eigenvalue weighted by atomic mass is 16.6. The fourth-order valence-electron chi connectivity index (χ4n) is 5.25. The third-order valence-electron chi connectivity index (χ3n) is 7.31. The molecule has 2 saturated carbocycles. The Labute approximate surface area is 196 Å². The normalized spacial score (nSPS) is 28.9. The van der Waals surface area contributed by atoms with Crippen molar-refractivity contribution in [3.63, 3.8) is 0 Å². The van der Waals surface area contributed by atoms with E-state index in [9.17, 15) is 24.3 Å². The van der Waals surface area contributed by atoms with Crippen molar-refractivity contribution >= 4 is 23.9 Å². The maximum Gasteiger partial charge on any atom is 0.408 e. The van der Waals surface area contributed by atoms with Gasteiger partial charge in [0.2, 0.25) is 11.8 Å². The van der Waals surface area contributed by atoms with Gasteiger partial charge in [-0.3, -0.25) is 9.59 Å². The SMILES string of the molecule is CCC[C@@](C)(NC(=O)[C@@H]1CCCN1C(=O)[C@@H](NC(=O)OC1C[C@@H]2C[C@@H]2C1)C(C)(C)C)C(=O)O. The first-order chi connectivity index (χ1) is 15.4. The molecule has 33 heavy (non-hydrogen) atoms. The van der Waals surface area contributed by atoms with Gasteiger partial charge in [0.1, 0.15) is 23.7 Å². The number of amides is 3. The van der Waals surface area contributed by atoms with Gasteiger partial charge >= 0.3 is 12.1 Å². The number of aliphatic carboxylic acids is 1. The molecule has 3 N–H and O–H groups in total. The number of carbonyl (C=O) groups excluding carboxylic acids is 3. The standard InChI is InChI=1S/C24H39N3O6/c1-6-9-24(5,21(30)31)26-19(28)17-8-7-10-27(17)20(29)18(23(2,3)4)25-22(32)33-16-12-14-11-15(14)13-16/h14-18H,6-13H2,1-5H3,(H,25,32)(H,26,28)(H,30,31)/t14-,15+,16?,17-,18+,24+/m0/s1.